The molecule has 3 fully saturated rings. The van der Waals surface area contributed by atoms with E-state index >= 15 is 0 Å². The third-order valence-corrected chi connectivity index (χ3v) is 12.2. The molecule has 57 heavy (non-hydrogen) atoms. The summed E-state index contributed by atoms with van der Waals surface area (Å²) in [5.74, 6) is -5.71. The molecule has 13 atom stereocenters. The van der Waals surface area contributed by atoms with Crippen LogP contribution in [-0.2, 0) is 42.9 Å². The van der Waals surface area contributed by atoms with E-state index < -0.39 is 95.5 Å². The van der Waals surface area contributed by atoms with E-state index in [-0.39, 0.29) is 31.1 Å². The number of amides is 2. The summed E-state index contributed by atoms with van der Waals surface area (Å²) < 4.78 is 31.3. The number of fused-ring (bicyclic) bond motifs is 2. The standard InChI is InChI=1S/C43H59N3O11/c1-11-33-43(9)37(45-41(52)57-43)25(4)34(48)23(2)21-42(8,53-18-14-15-29-20-30-16-12-13-17-31(30)44-22-29)38(26(5)35(49)27(6)39(51)55-33)56-40-36(50)32(19-24(3)54-40)46(10)28(7)47/h12-17,20,22-27,32-33,36-38,40,50H,11,18-19,21H2,1-10H3,(H,45,52)/b15-14+/t23-,24-,25-,26+,27-,32+,33+,36-,37-,38-,40?,42+,43-/m1/s1. The lowest BCUT2D eigenvalue weighted by molar-refractivity contribution is -0.296. The maximum atomic E-state index is 14.5. The highest BCUT2D eigenvalue weighted by Gasteiger charge is 2.57. The molecular weight excluding hydrogens is 734 g/mol. The number of pyridine rings is 1. The summed E-state index contributed by atoms with van der Waals surface area (Å²) in [5, 5.41) is 15.4. The minimum Gasteiger partial charge on any atom is -0.458 e. The van der Waals surface area contributed by atoms with Gasteiger partial charge in [-0.05, 0) is 64.7 Å². The van der Waals surface area contributed by atoms with Gasteiger partial charge in [0.25, 0.3) is 0 Å². The molecule has 5 rings (SSSR count). The van der Waals surface area contributed by atoms with Crippen LogP contribution < -0.4 is 5.32 Å². The first-order valence-electron chi connectivity index (χ1n) is 20.0. The number of nitrogens with zero attached hydrogens (tertiary/aromatic N) is 2. The second-order valence-electron chi connectivity index (χ2n) is 16.5. The van der Waals surface area contributed by atoms with Gasteiger partial charge in [0.1, 0.15) is 23.9 Å². The molecule has 0 spiro atoms. The monoisotopic (exact) mass is 793 g/mol. The largest absolute Gasteiger partial charge is 0.458 e. The first kappa shape index (κ1) is 43.9. The summed E-state index contributed by atoms with van der Waals surface area (Å²) in [6.07, 6.45) is 0.0386. The van der Waals surface area contributed by atoms with Crippen LogP contribution >= 0.6 is 0 Å². The van der Waals surface area contributed by atoms with Crippen molar-refractivity contribution in [3.8, 4) is 0 Å². The van der Waals surface area contributed by atoms with Crippen LogP contribution in [0.2, 0.25) is 0 Å². The van der Waals surface area contributed by atoms with E-state index in [2.05, 4.69) is 10.3 Å². The predicted molar refractivity (Wildman–Crippen MR) is 210 cm³/mol. The molecule has 2 amide bonds. The second kappa shape index (κ2) is 17.7. The number of alkyl carbamates (subject to hydrolysis) is 1. The van der Waals surface area contributed by atoms with Crippen LogP contribution in [0.3, 0.4) is 0 Å². The fraction of sp³-hybridized carbons (Fsp3) is 0.628. The number of ether oxygens (including phenoxy) is 5. The maximum absolute atomic E-state index is 14.5. The quantitative estimate of drug-likeness (QED) is 0.270. The Hall–Kier alpha value is -4.24. The number of aliphatic hydroxyl groups excluding tert-OH is 1. The zero-order chi connectivity index (χ0) is 42.0. The lowest BCUT2D eigenvalue weighted by Crippen LogP contribution is -2.60. The predicted octanol–water partition coefficient (Wildman–Crippen LogP) is 5.03. The van der Waals surface area contributed by atoms with Crippen molar-refractivity contribution in [1.82, 2.24) is 15.2 Å². The zero-order valence-corrected chi connectivity index (χ0v) is 34.7. The lowest BCUT2D eigenvalue weighted by atomic mass is 9.73. The number of hydrogen-bond acceptors (Lipinski definition) is 12. The van der Waals surface area contributed by atoms with Gasteiger partial charge in [-0.3, -0.25) is 24.2 Å². The summed E-state index contributed by atoms with van der Waals surface area (Å²) >= 11 is 0. The topological polar surface area (TPSA) is 180 Å². The molecule has 1 aromatic carbocycles. The van der Waals surface area contributed by atoms with Crippen LogP contribution in [0.25, 0.3) is 17.0 Å². The van der Waals surface area contributed by atoms with Gasteiger partial charge in [0.05, 0.1) is 42.0 Å². The Bertz CT molecular complexity index is 1850. The van der Waals surface area contributed by atoms with Crippen LogP contribution in [0.15, 0.2) is 42.6 Å². The Kier molecular flexibility index (Phi) is 13.6. The Labute approximate surface area is 335 Å². The van der Waals surface area contributed by atoms with Crippen molar-refractivity contribution in [3.63, 3.8) is 0 Å². The van der Waals surface area contributed by atoms with Crippen molar-refractivity contribution in [2.75, 3.05) is 13.7 Å². The number of carbonyl (C=O) groups is 5. The summed E-state index contributed by atoms with van der Waals surface area (Å²) in [7, 11) is 1.59. The number of carbonyl (C=O) groups excluding carboxylic acids is 5. The molecule has 3 aliphatic rings. The second-order valence-corrected chi connectivity index (χ2v) is 16.5. The van der Waals surface area contributed by atoms with Crippen LogP contribution in [0, 0.1) is 23.7 Å². The number of esters is 1. The van der Waals surface area contributed by atoms with E-state index in [0.717, 1.165) is 16.5 Å². The molecule has 3 saturated heterocycles. The van der Waals surface area contributed by atoms with Crippen LogP contribution in [0.1, 0.15) is 87.1 Å². The summed E-state index contributed by atoms with van der Waals surface area (Å²) in [4.78, 5) is 73.9. The molecule has 0 radical (unpaired) electrons. The summed E-state index contributed by atoms with van der Waals surface area (Å²) in [5.41, 5.74) is -1.15. The molecule has 2 aromatic rings. The van der Waals surface area contributed by atoms with Gasteiger partial charge in [0.15, 0.2) is 17.7 Å². The number of Topliss-reactive ketones (excluding diaryl/α,β-unsaturated/α-hetero) is 2. The lowest BCUT2D eigenvalue weighted by Gasteiger charge is -2.47. The van der Waals surface area contributed by atoms with Gasteiger partial charge >= 0.3 is 12.1 Å². The number of para-hydroxylation sites is 1. The van der Waals surface area contributed by atoms with E-state index in [0.29, 0.717) is 6.42 Å². The average Bonchev–Trinajstić information content (AvgIpc) is 3.50. The smallest absolute Gasteiger partial charge is 0.408 e. The Morgan fingerprint density at radius 1 is 1.07 bits per heavy atom. The van der Waals surface area contributed by atoms with Crippen LogP contribution in [0.5, 0.6) is 0 Å². The Balaban J connectivity index is 1.57. The minimum atomic E-state index is -1.43. The number of nitrogens with one attached hydrogen (secondary N) is 1. The van der Waals surface area contributed by atoms with Gasteiger partial charge in [0.2, 0.25) is 5.91 Å². The SMILES string of the molecule is CC[C@@H]1OC(=O)[C@H](C)C(=O)[C@H](C)[C@@H](OC2O[C@H](C)C[C@H](N(C)C(C)=O)[C@H]2O)[C@@](C)(OC/C=C/c2cnc3ccccc3c2)C[C@@H](C)C(=O)[C@@H](C)[C@H]2NC(=O)O[C@]12C. The van der Waals surface area contributed by atoms with Crippen molar-refractivity contribution in [1.29, 1.82) is 0 Å². The third kappa shape index (κ3) is 9.24. The van der Waals surface area contributed by atoms with Crippen molar-refractivity contribution in [2.45, 2.75) is 136 Å². The van der Waals surface area contributed by atoms with Gasteiger partial charge < -0.3 is 39.0 Å². The first-order chi connectivity index (χ1) is 26.8. The van der Waals surface area contributed by atoms with Crippen LogP contribution in [-0.4, -0.2) is 112 Å². The van der Waals surface area contributed by atoms with E-state index in [1.807, 2.05) is 36.4 Å². The van der Waals surface area contributed by atoms with E-state index in [1.54, 1.807) is 67.8 Å². The van der Waals surface area contributed by atoms with Crippen molar-refractivity contribution >= 4 is 46.5 Å². The van der Waals surface area contributed by atoms with Crippen molar-refractivity contribution in [2.24, 2.45) is 23.7 Å². The normalized spacial score (nSPS) is 36.9. The number of ketones is 2. The molecule has 0 saturated carbocycles. The van der Waals surface area contributed by atoms with Crippen molar-refractivity contribution < 1.29 is 52.8 Å². The van der Waals surface area contributed by atoms with Gasteiger partial charge in [-0.1, -0.05) is 58.0 Å². The molecule has 3 aliphatic heterocycles. The molecule has 0 aliphatic carbocycles. The Morgan fingerprint density at radius 3 is 2.46 bits per heavy atom. The number of hydrogen-bond donors (Lipinski definition) is 2. The highest BCUT2D eigenvalue weighted by atomic mass is 16.7. The fourth-order valence-corrected chi connectivity index (χ4v) is 8.83. The molecular formula is C43H59N3O11. The summed E-state index contributed by atoms with van der Waals surface area (Å²) in [6.45, 7) is 14.9. The van der Waals surface area contributed by atoms with E-state index in [9.17, 15) is 29.1 Å². The highest BCUT2D eigenvalue weighted by molar-refractivity contribution is 6.00. The number of aliphatic hydroxyl groups is 1. The molecule has 1 unspecified atom stereocenters. The van der Waals surface area contributed by atoms with Gasteiger partial charge in [0, 0.05) is 43.3 Å². The maximum Gasteiger partial charge on any atom is 0.408 e. The number of likely N-dealkylation sites (N-methyl/N-ethyl adjacent to an activating group) is 1. The number of rotatable bonds is 8. The molecule has 14 nitrogen and oxygen atoms in total. The number of aromatic nitrogens is 1. The van der Waals surface area contributed by atoms with Crippen LogP contribution in [0.4, 0.5) is 4.79 Å². The van der Waals surface area contributed by atoms with E-state index in [1.165, 1.54) is 18.7 Å². The van der Waals surface area contributed by atoms with Crippen molar-refractivity contribution in [3.05, 3.63) is 48.2 Å². The number of cyclic esters (lactones) is 1. The minimum absolute atomic E-state index is 0.0150. The molecule has 4 heterocycles. The van der Waals surface area contributed by atoms with E-state index in [4.69, 9.17) is 23.7 Å². The van der Waals surface area contributed by atoms with Gasteiger partial charge in [-0.25, -0.2) is 4.79 Å². The van der Waals surface area contributed by atoms with Gasteiger partial charge in [-0.15, -0.1) is 0 Å². The third-order valence-electron chi connectivity index (χ3n) is 12.2. The zero-order valence-electron chi connectivity index (χ0n) is 34.7. The molecule has 0 bridgehead atoms. The fourth-order valence-electron chi connectivity index (χ4n) is 8.83. The molecule has 2 N–H and O–H groups in total. The average molecular weight is 794 g/mol. The summed E-state index contributed by atoms with van der Waals surface area (Å²) in [6, 6.07) is 8.23. The molecule has 14 heteroatoms. The highest BCUT2D eigenvalue weighted by Crippen LogP contribution is 2.40. The first-order valence-corrected chi connectivity index (χ1v) is 20.0. The molecule has 1 aromatic heterocycles. The number of benzene rings is 1. The Morgan fingerprint density at radius 2 is 1.77 bits per heavy atom. The van der Waals surface area contributed by atoms with Gasteiger partial charge in [-0.2, -0.15) is 0 Å². The molecule has 312 valence electrons.